The van der Waals surface area contributed by atoms with Crippen LogP contribution in [0.3, 0.4) is 0 Å². The number of nitrogens with one attached hydrogen (secondary N) is 3. The van der Waals surface area contributed by atoms with Gasteiger partial charge in [-0.1, -0.05) is 6.42 Å². The Hall–Kier alpha value is -0.650. The fraction of sp³-hybridized carbons (Fsp3) is 0.917. The molecule has 0 aromatic heterocycles. The summed E-state index contributed by atoms with van der Waals surface area (Å²) in [6, 6.07) is 0.485. The molecule has 3 N–H and O–H groups in total. The lowest BCUT2D eigenvalue weighted by atomic mass is 10.1. The molecule has 2 aliphatic heterocycles. The molecule has 1 atom stereocenters. The third-order valence-electron chi connectivity index (χ3n) is 3.45. The highest BCUT2D eigenvalue weighted by Gasteiger charge is 2.15. The molecule has 0 spiro atoms. The van der Waals surface area contributed by atoms with Crippen molar-refractivity contribution in [3.63, 3.8) is 0 Å². The second-order valence-corrected chi connectivity index (χ2v) is 4.86. The average molecular weight is 240 g/mol. The molecule has 0 radical (unpaired) electrons. The summed E-state index contributed by atoms with van der Waals surface area (Å²) in [5, 5.41) is 13.3. The Morgan fingerprint density at radius 3 is 3.00 bits per heavy atom. The van der Waals surface area contributed by atoms with Crippen LogP contribution in [-0.4, -0.2) is 49.7 Å². The molecule has 2 heterocycles. The van der Waals surface area contributed by atoms with Crippen molar-refractivity contribution in [2.75, 3.05) is 32.8 Å². The Kier molecular flexibility index (Phi) is 5.22. The van der Waals surface area contributed by atoms with E-state index in [1.807, 2.05) is 0 Å². The van der Waals surface area contributed by atoms with Gasteiger partial charge >= 0.3 is 0 Å². The summed E-state index contributed by atoms with van der Waals surface area (Å²) < 4.78 is 5.30. The molecular weight excluding hydrogens is 216 g/mol. The van der Waals surface area contributed by atoms with Gasteiger partial charge in [-0.2, -0.15) is 0 Å². The highest BCUT2D eigenvalue weighted by atomic mass is 16.5. The molecule has 0 aromatic rings. The van der Waals surface area contributed by atoms with E-state index in [-0.39, 0.29) is 0 Å². The van der Waals surface area contributed by atoms with E-state index in [1.54, 1.807) is 0 Å². The van der Waals surface area contributed by atoms with Gasteiger partial charge < -0.3 is 10.1 Å². The molecule has 5 nitrogen and oxygen atoms in total. The van der Waals surface area contributed by atoms with Crippen LogP contribution in [0.2, 0.25) is 0 Å². The van der Waals surface area contributed by atoms with Crippen LogP contribution < -0.4 is 10.7 Å². The Labute approximate surface area is 103 Å². The van der Waals surface area contributed by atoms with Crippen LogP contribution in [0.5, 0.6) is 0 Å². The number of hydrogen-bond donors (Lipinski definition) is 3. The second-order valence-electron chi connectivity index (χ2n) is 4.86. The van der Waals surface area contributed by atoms with Crippen LogP contribution in [-0.2, 0) is 4.74 Å². The van der Waals surface area contributed by atoms with Crippen molar-refractivity contribution in [1.29, 1.82) is 5.41 Å². The Balaban J connectivity index is 1.61. The first-order valence-electron chi connectivity index (χ1n) is 6.75. The SMILES string of the molecule is N=C1CCCCC(CCNN2CCOCC2)N1. The van der Waals surface area contributed by atoms with Gasteiger partial charge in [-0.05, 0) is 19.3 Å². The first-order valence-corrected chi connectivity index (χ1v) is 6.75. The quantitative estimate of drug-likeness (QED) is 0.678. The molecule has 0 aliphatic carbocycles. The summed E-state index contributed by atoms with van der Waals surface area (Å²) in [6.07, 6.45) is 5.64. The van der Waals surface area contributed by atoms with Crippen molar-refractivity contribution >= 4 is 5.84 Å². The largest absolute Gasteiger partial charge is 0.379 e. The third kappa shape index (κ3) is 4.61. The van der Waals surface area contributed by atoms with E-state index < -0.39 is 0 Å². The predicted molar refractivity (Wildman–Crippen MR) is 68.1 cm³/mol. The van der Waals surface area contributed by atoms with Crippen LogP contribution in [0.1, 0.15) is 32.1 Å². The molecule has 1 unspecified atom stereocenters. The number of rotatable bonds is 4. The minimum atomic E-state index is 0.485. The fourth-order valence-electron chi connectivity index (χ4n) is 2.42. The zero-order valence-corrected chi connectivity index (χ0v) is 10.5. The van der Waals surface area contributed by atoms with E-state index in [1.165, 1.54) is 19.3 Å². The molecule has 0 aromatic carbocycles. The van der Waals surface area contributed by atoms with Crippen molar-refractivity contribution in [1.82, 2.24) is 15.8 Å². The molecule has 5 heteroatoms. The maximum absolute atomic E-state index is 7.73. The number of hydrogen-bond acceptors (Lipinski definition) is 4. The van der Waals surface area contributed by atoms with Crippen molar-refractivity contribution in [3.05, 3.63) is 0 Å². The summed E-state index contributed by atoms with van der Waals surface area (Å²) in [6.45, 7) is 4.62. The van der Waals surface area contributed by atoms with Gasteiger partial charge in [0.2, 0.25) is 0 Å². The summed E-state index contributed by atoms with van der Waals surface area (Å²) in [5.41, 5.74) is 3.45. The van der Waals surface area contributed by atoms with Gasteiger partial charge in [0.25, 0.3) is 0 Å². The maximum atomic E-state index is 7.73. The van der Waals surface area contributed by atoms with Gasteiger partial charge in [0, 0.05) is 32.1 Å². The molecular formula is C12H24N4O. The van der Waals surface area contributed by atoms with Crippen molar-refractivity contribution in [2.24, 2.45) is 0 Å². The molecule has 2 aliphatic rings. The first kappa shape index (κ1) is 12.8. The maximum Gasteiger partial charge on any atom is 0.0933 e. The molecule has 2 rings (SSSR count). The molecule has 17 heavy (non-hydrogen) atoms. The summed E-state index contributed by atoms with van der Waals surface area (Å²) in [7, 11) is 0. The van der Waals surface area contributed by atoms with Crippen LogP contribution >= 0.6 is 0 Å². The normalized spacial score (nSPS) is 27.5. The van der Waals surface area contributed by atoms with Crippen LogP contribution in [0.25, 0.3) is 0 Å². The molecule has 0 bridgehead atoms. The number of morpholine rings is 1. The zero-order valence-electron chi connectivity index (χ0n) is 10.5. The van der Waals surface area contributed by atoms with Crippen molar-refractivity contribution in [2.45, 2.75) is 38.1 Å². The van der Waals surface area contributed by atoms with Gasteiger partial charge in [0.1, 0.15) is 0 Å². The van der Waals surface area contributed by atoms with Gasteiger partial charge in [0.05, 0.1) is 19.0 Å². The van der Waals surface area contributed by atoms with Crippen molar-refractivity contribution in [3.8, 4) is 0 Å². The van der Waals surface area contributed by atoms with Gasteiger partial charge in [-0.3, -0.25) is 10.8 Å². The minimum absolute atomic E-state index is 0.485. The molecule has 2 saturated heterocycles. The monoisotopic (exact) mass is 240 g/mol. The summed E-state index contributed by atoms with van der Waals surface area (Å²) in [4.78, 5) is 0. The highest BCUT2D eigenvalue weighted by molar-refractivity contribution is 5.79. The Bertz CT molecular complexity index is 241. The number of hydrazine groups is 1. The van der Waals surface area contributed by atoms with Crippen molar-refractivity contribution < 1.29 is 4.74 Å². The molecule has 0 saturated carbocycles. The second kappa shape index (κ2) is 6.93. The van der Waals surface area contributed by atoms with Crippen LogP contribution in [0, 0.1) is 5.41 Å². The predicted octanol–water partition coefficient (Wildman–Crippen LogP) is 0.723. The Morgan fingerprint density at radius 1 is 1.35 bits per heavy atom. The van der Waals surface area contributed by atoms with E-state index in [4.69, 9.17) is 10.1 Å². The smallest absolute Gasteiger partial charge is 0.0933 e. The number of ether oxygens (including phenoxy) is 1. The number of nitrogens with zero attached hydrogens (tertiary/aromatic N) is 1. The van der Waals surface area contributed by atoms with Crippen LogP contribution in [0.15, 0.2) is 0 Å². The van der Waals surface area contributed by atoms with Crippen LogP contribution in [0.4, 0.5) is 0 Å². The Morgan fingerprint density at radius 2 is 2.18 bits per heavy atom. The fourth-order valence-corrected chi connectivity index (χ4v) is 2.42. The van der Waals surface area contributed by atoms with E-state index in [9.17, 15) is 0 Å². The number of amidine groups is 1. The van der Waals surface area contributed by atoms with E-state index >= 15 is 0 Å². The lowest BCUT2D eigenvalue weighted by Gasteiger charge is -2.28. The summed E-state index contributed by atoms with van der Waals surface area (Å²) in [5.74, 6) is 0.721. The van der Waals surface area contributed by atoms with E-state index in [0.717, 1.165) is 51.5 Å². The lowest BCUT2D eigenvalue weighted by molar-refractivity contribution is 0.0116. The summed E-state index contributed by atoms with van der Waals surface area (Å²) >= 11 is 0. The third-order valence-corrected chi connectivity index (χ3v) is 3.45. The standard InChI is InChI=1S/C12H24N4O/c13-12-4-2-1-3-11(15-12)5-6-14-16-7-9-17-10-8-16/h11,14H,1-10H2,(H2,13,15). The minimum Gasteiger partial charge on any atom is -0.379 e. The molecule has 2 fully saturated rings. The molecule has 0 amide bonds. The first-order chi connectivity index (χ1) is 8.34. The van der Waals surface area contributed by atoms with E-state index in [2.05, 4.69) is 15.8 Å². The van der Waals surface area contributed by atoms with Gasteiger partial charge in [0.15, 0.2) is 0 Å². The molecule has 98 valence electrons. The average Bonchev–Trinajstić information content (AvgIpc) is 2.55. The van der Waals surface area contributed by atoms with Gasteiger partial charge in [-0.25, -0.2) is 5.01 Å². The highest BCUT2D eigenvalue weighted by Crippen LogP contribution is 2.11. The zero-order chi connectivity index (χ0) is 11.9. The lowest BCUT2D eigenvalue weighted by Crippen LogP contribution is -2.47. The van der Waals surface area contributed by atoms with E-state index in [0.29, 0.717) is 6.04 Å². The topological polar surface area (TPSA) is 60.4 Å². The van der Waals surface area contributed by atoms with Gasteiger partial charge in [-0.15, -0.1) is 0 Å².